The van der Waals surface area contributed by atoms with Crippen LogP contribution >= 0.6 is 12.4 Å². The van der Waals surface area contributed by atoms with Crippen molar-refractivity contribution in [1.29, 1.82) is 0 Å². The first-order valence-electron chi connectivity index (χ1n) is 7.34. The van der Waals surface area contributed by atoms with Gasteiger partial charge in [0.1, 0.15) is 0 Å². The summed E-state index contributed by atoms with van der Waals surface area (Å²) < 4.78 is 6.02. The van der Waals surface area contributed by atoms with E-state index in [4.69, 9.17) is 4.94 Å². The van der Waals surface area contributed by atoms with E-state index in [2.05, 4.69) is 67.0 Å². The van der Waals surface area contributed by atoms with Crippen molar-refractivity contribution in [1.82, 2.24) is 2.84 Å². The Morgan fingerprint density at radius 1 is 0.950 bits per heavy atom. The zero-order valence-electron chi connectivity index (χ0n) is 13.1. The quantitative estimate of drug-likeness (QED) is 0.659. The molecule has 0 atom stereocenters. The van der Waals surface area contributed by atoms with Crippen LogP contribution in [0.15, 0.2) is 43.0 Å². The van der Waals surface area contributed by atoms with Crippen LogP contribution in [0.1, 0.15) is 40.5 Å². The third-order valence-electron chi connectivity index (χ3n) is 4.16. The molecule has 2 aliphatic carbocycles. The first-order valence-corrected chi connectivity index (χ1v) is 12.6. The van der Waals surface area contributed by atoms with Gasteiger partial charge >= 0.3 is 123 Å². The molecule has 0 spiro atoms. The van der Waals surface area contributed by atoms with Crippen LogP contribution in [0.3, 0.4) is 0 Å². The molecule has 0 saturated heterocycles. The summed E-state index contributed by atoms with van der Waals surface area (Å²) in [7, 11) is 0. The third kappa shape index (κ3) is 3.31. The number of rotatable bonds is 5. The number of halogens is 1. The van der Waals surface area contributed by atoms with Gasteiger partial charge in [0.25, 0.3) is 0 Å². The number of hydrogen-bond donors (Lipinski definition) is 0. The van der Waals surface area contributed by atoms with Crippen LogP contribution in [0.2, 0.25) is 0 Å². The molecule has 0 aromatic rings. The Labute approximate surface area is 135 Å². The minimum atomic E-state index is -2.86. The average molecular weight is 370 g/mol. The molecule has 2 aliphatic rings. The zero-order valence-corrected chi connectivity index (χ0v) is 16.4. The topological polar surface area (TPSA) is 3.24 Å². The van der Waals surface area contributed by atoms with Gasteiger partial charge in [0.05, 0.1) is 0 Å². The van der Waals surface area contributed by atoms with Gasteiger partial charge in [0.15, 0.2) is 0 Å². The molecule has 0 saturated carbocycles. The fourth-order valence-corrected chi connectivity index (χ4v) is 14.6. The summed E-state index contributed by atoms with van der Waals surface area (Å²) in [5, 5.41) is 0. The Kier molecular flexibility index (Phi) is 6.76. The van der Waals surface area contributed by atoms with Crippen LogP contribution in [0.5, 0.6) is 0 Å². The molecule has 0 aromatic carbocycles. The van der Waals surface area contributed by atoms with E-state index in [1.165, 1.54) is 0 Å². The molecular formula is C16H26BClNZr. The number of allylic oxidation sites excluding steroid dienone is 8. The van der Waals surface area contributed by atoms with Crippen LogP contribution in [0.4, 0.5) is 0 Å². The molecule has 0 fully saturated rings. The second-order valence-corrected chi connectivity index (χ2v) is 14.8. The summed E-state index contributed by atoms with van der Waals surface area (Å²) >= 11 is -2.86. The van der Waals surface area contributed by atoms with Gasteiger partial charge in [-0.3, -0.25) is 0 Å². The summed E-state index contributed by atoms with van der Waals surface area (Å²) in [4.78, 5) is 4.90. The van der Waals surface area contributed by atoms with Crippen molar-refractivity contribution in [3.05, 3.63) is 43.0 Å². The maximum atomic E-state index is 4.90. The van der Waals surface area contributed by atoms with Crippen molar-refractivity contribution in [2.45, 2.75) is 52.6 Å². The molecule has 2 rings (SSSR count). The molecule has 4 heteroatoms. The summed E-state index contributed by atoms with van der Waals surface area (Å²) in [6.07, 6.45) is 15.9. The van der Waals surface area contributed by atoms with Gasteiger partial charge in [0, 0.05) is 0 Å². The molecule has 0 unspecified atom stereocenters. The molecule has 0 N–H and O–H groups in total. The third-order valence-corrected chi connectivity index (χ3v) is 15.9. The van der Waals surface area contributed by atoms with Gasteiger partial charge in [-0.2, -0.15) is 0 Å². The molecule has 0 aliphatic heterocycles. The Morgan fingerprint density at radius 2 is 1.35 bits per heavy atom. The van der Waals surface area contributed by atoms with E-state index in [9.17, 15) is 0 Å². The van der Waals surface area contributed by atoms with E-state index in [0.29, 0.717) is 12.1 Å². The van der Waals surface area contributed by atoms with E-state index in [0.717, 1.165) is 12.8 Å². The van der Waals surface area contributed by atoms with Gasteiger partial charge < -0.3 is 0 Å². The molecule has 0 radical (unpaired) electrons. The first kappa shape index (κ1) is 18.2. The predicted octanol–water partition coefficient (Wildman–Crippen LogP) is 4.10. The van der Waals surface area contributed by atoms with Crippen LogP contribution in [0.25, 0.3) is 0 Å². The van der Waals surface area contributed by atoms with Crippen molar-refractivity contribution in [2.24, 2.45) is 0 Å². The van der Waals surface area contributed by atoms with E-state index in [1.807, 2.05) is 0 Å². The Hall–Kier alpha value is 0.158. The first-order chi connectivity index (χ1) is 8.98. The molecule has 0 aromatic heterocycles. The molecule has 20 heavy (non-hydrogen) atoms. The minimum absolute atomic E-state index is 0. The fourth-order valence-electron chi connectivity index (χ4n) is 3.52. The average Bonchev–Trinajstić information content (AvgIpc) is 3.02. The van der Waals surface area contributed by atoms with Crippen LogP contribution in [-0.4, -0.2) is 19.9 Å². The van der Waals surface area contributed by atoms with E-state index in [-0.39, 0.29) is 12.4 Å². The summed E-state index contributed by atoms with van der Waals surface area (Å²) in [5.41, 5.74) is 0. The van der Waals surface area contributed by atoms with Crippen LogP contribution in [-0.2, 0) is 19.8 Å². The standard InChI is InChI=1S/C6H14N.2C5H5.BH.ClH.Zr/c1-5(2)7-6(3)4;2*1-2-4-5-3-1;;;/h5-6H,1-4H3;2*1-3H,4H2;2*1H;/q-1;;;;;+1. The van der Waals surface area contributed by atoms with Gasteiger partial charge in [-0.05, 0) is 0 Å². The Balaban J connectivity index is 0.00000200. The second kappa shape index (κ2) is 7.43. The molecule has 1 nitrogen and oxygen atoms in total. The van der Waals surface area contributed by atoms with Gasteiger partial charge in [-0.1, -0.05) is 0 Å². The molecule has 0 bridgehead atoms. The normalized spacial score (nSPS) is 17.9. The summed E-state index contributed by atoms with van der Waals surface area (Å²) in [5.74, 6) is 0. The van der Waals surface area contributed by atoms with E-state index < -0.39 is 19.8 Å². The fraction of sp³-hybridized carbons (Fsp3) is 0.500. The zero-order chi connectivity index (χ0) is 14.0. The van der Waals surface area contributed by atoms with Crippen molar-refractivity contribution in [2.75, 3.05) is 0 Å². The summed E-state index contributed by atoms with van der Waals surface area (Å²) in [6, 6.07) is 1.13. The van der Waals surface area contributed by atoms with Crippen molar-refractivity contribution in [3.63, 3.8) is 0 Å². The van der Waals surface area contributed by atoms with Crippen molar-refractivity contribution < 1.29 is 19.8 Å². The van der Waals surface area contributed by atoms with Gasteiger partial charge in [0.2, 0.25) is 0 Å². The van der Waals surface area contributed by atoms with Gasteiger partial charge in [-0.25, -0.2) is 0 Å². The number of nitrogens with zero attached hydrogens (tertiary/aromatic N) is 1. The summed E-state index contributed by atoms with van der Waals surface area (Å²) in [6.45, 7) is 9.29. The van der Waals surface area contributed by atoms with E-state index in [1.54, 1.807) is 6.56 Å². The van der Waals surface area contributed by atoms with Crippen molar-refractivity contribution in [3.8, 4) is 0 Å². The molecular weight excluding hydrogens is 344 g/mol. The monoisotopic (exact) mass is 368 g/mol. The molecule has 0 heterocycles. The molecule has 109 valence electrons. The van der Waals surface area contributed by atoms with E-state index >= 15 is 0 Å². The second-order valence-electron chi connectivity index (χ2n) is 6.10. The van der Waals surface area contributed by atoms with Crippen LogP contribution in [0, 0.1) is 0 Å². The predicted molar refractivity (Wildman–Crippen MR) is 90.2 cm³/mol. The Bertz CT molecular complexity index is 473. The Morgan fingerprint density at radius 3 is 1.60 bits per heavy atom. The SMILES string of the molecule is Cl.[BH]=[Zr]([C]1=CC=CC1)([C]1=CC=CC1)[N](C(C)C)C(C)C. The van der Waals surface area contributed by atoms with Crippen LogP contribution < -0.4 is 0 Å². The van der Waals surface area contributed by atoms with Gasteiger partial charge in [-0.15, -0.1) is 12.4 Å². The maximum absolute atomic E-state index is 4.90. The number of hydrogen-bond acceptors (Lipinski definition) is 1. The van der Waals surface area contributed by atoms with Crippen molar-refractivity contribution >= 4 is 17.3 Å². The molecule has 0 amide bonds.